The number of pyridine rings is 1. The summed E-state index contributed by atoms with van der Waals surface area (Å²) in [6, 6.07) is 4.60. The van der Waals surface area contributed by atoms with Crippen LogP contribution in [0, 0.1) is 17.5 Å². The first-order chi connectivity index (χ1) is 9.50. The molecule has 0 radical (unpaired) electrons. The lowest BCUT2D eigenvalue weighted by Gasteiger charge is -2.14. The van der Waals surface area contributed by atoms with Crippen LogP contribution in [0.4, 0.5) is 13.2 Å². The molecule has 6 heteroatoms. The van der Waals surface area contributed by atoms with E-state index in [9.17, 15) is 18.0 Å². The first-order valence-corrected chi connectivity index (χ1v) is 5.85. The molecule has 0 spiro atoms. The Morgan fingerprint density at radius 3 is 2.60 bits per heavy atom. The third-order valence-corrected chi connectivity index (χ3v) is 2.81. The number of amides is 1. The Kier molecular flexibility index (Phi) is 4.02. The monoisotopic (exact) mass is 280 g/mol. The fraction of sp³-hybridized carbons (Fsp3) is 0.143. The van der Waals surface area contributed by atoms with Crippen molar-refractivity contribution >= 4 is 5.91 Å². The third kappa shape index (κ3) is 2.79. The molecule has 2 rings (SSSR count). The predicted molar refractivity (Wildman–Crippen MR) is 66.4 cm³/mol. The van der Waals surface area contributed by atoms with E-state index in [4.69, 9.17) is 0 Å². The number of benzene rings is 1. The lowest BCUT2D eigenvalue weighted by Crippen LogP contribution is -2.27. The van der Waals surface area contributed by atoms with Gasteiger partial charge in [-0.1, -0.05) is 6.07 Å². The van der Waals surface area contributed by atoms with Gasteiger partial charge in [0, 0.05) is 12.4 Å². The van der Waals surface area contributed by atoms with Crippen molar-refractivity contribution in [1.82, 2.24) is 10.3 Å². The second-order valence-electron chi connectivity index (χ2n) is 4.20. The molecule has 0 aliphatic heterocycles. The van der Waals surface area contributed by atoms with Gasteiger partial charge in [-0.2, -0.15) is 0 Å². The number of hydrogen-bond donors (Lipinski definition) is 1. The number of halogens is 3. The number of hydrogen-bond acceptors (Lipinski definition) is 2. The van der Waals surface area contributed by atoms with Crippen LogP contribution in [0.15, 0.2) is 36.7 Å². The fourth-order valence-electron chi connectivity index (χ4n) is 1.69. The molecule has 0 aliphatic rings. The highest BCUT2D eigenvalue weighted by atomic mass is 19.2. The molecule has 0 fully saturated rings. The molecular weight excluding hydrogens is 269 g/mol. The molecule has 0 saturated carbocycles. The lowest BCUT2D eigenvalue weighted by atomic mass is 10.1. The molecule has 0 aliphatic carbocycles. The Balaban J connectivity index is 2.19. The zero-order valence-corrected chi connectivity index (χ0v) is 10.5. The average molecular weight is 280 g/mol. The van der Waals surface area contributed by atoms with Crippen LogP contribution in [0.2, 0.25) is 0 Å². The molecule has 1 N–H and O–H groups in total. The number of nitrogens with zero attached hydrogens (tertiary/aromatic N) is 1. The summed E-state index contributed by atoms with van der Waals surface area (Å²) in [6.45, 7) is 1.67. The summed E-state index contributed by atoms with van der Waals surface area (Å²) in [5, 5.41) is 2.49. The first-order valence-electron chi connectivity index (χ1n) is 5.85. The highest BCUT2D eigenvalue weighted by molar-refractivity contribution is 5.94. The van der Waals surface area contributed by atoms with Crippen LogP contribution < -0.4 is 5.32 Å². The number of nitrogens with one attached hydrogen (secondary N) is 1. The number of carbonyl (C=O) groups excluding carboxylic acids is 1. The van der Waals surface area contributed by atoms with Crippen LogP contribution in [-0.2, 0) is 0 Å². The highest BCUT2D eigenvalue weighted by Gasteiger charge is 2.20. The van der Waals surface area contributed by atoms with Gasteiger partial charge in [-0.05, 0) is 30.7 Å². The van der Waals surface area contributed by atoms with Gasteiger partial charge in [0.15, 0.2) is 17.5 Å². The van der Waals surface area contributed by atoms with Gasteiger partial charge in [-0.15, -0.1) is 0 Å². The molecule has 1 unspecified atom stereocenters. The van der Waals surface area contributed by atoms with Crippen LogP contribution in [0.1, 0.15) is 28.9 Å². The Morgan fingerprint density at radius 2 is 1.95 bits per heavy atom. The summed E-state index contributed by atoms with van der Waals surface area (Å²) < 4.78 is 39.3. The van der Waals surface area contributed by atoms with E-state index in [1.807, 2.05) is 0 Å². The number of carbonyl (C=O) groups is 1. The average Bonchev–Trinajstić information content (AvgIpc) is 2.45. The van der Waals surface area contributed by atoms with Crippen LogP contribution in [0.3, 0.4) is 0 Å². The van der Waals surface area contributed by atoms with Gasteiger partial charge in [-0.3, -0.25) is 9.78 Å². The van der Waals surface area contributed by atoms with Crippen molar-refractivity contribution < 1.29 is 18.0 Å². The summed E-state index contributed by atoms with van der Waals surface area (Å²) >= 11 is 0. The van der Waals surface area contributed by atoms with Crippen molar-refractivity contribution in [2.24, 2.45) is 0 Å². The summed E-state index contributed by atoms with van der Waals surface area (Å²) in [5.41, 5.74) is 0.170. The molecule has 1 heterocycles. The fourth-order valence-corrected chi connectivity index (χ4v) is 1.69. The standard InChI is InChI=1S/C14H11F3N2O/c1-8(9-3-2-6-18-7-9)19-14(20)10-4-5-11(15)13(17)12(10)16/h2-8H,1H3,(H,19,20). The summed E-state index contributed by atoms with van der Waals surface area (Å²) in [5.74, 6) is -5.32. The molecule has 1 amide bonds. The second-order valence-corrected chi connectivity index (χ2v) is 4.20. The summed E-state index contributed by atoms with van der Waals surface area (Å²) in [6.07, 6.45) is 3.12. The SMILES string of the molecule is CC(NC(=O)c1ccc(F)c(F)c1F)c1cccnc1. The van der Waals surface area contributed by atoms with E-state index in [2.05, 4.69) is 10.3 Å². The van der Waals surface area contributed by atoms with Crippen molar-refractivity contribution in [3.63, 3.8) is 0 Å². The van der Waals surface area contributed by atoms with Gasteiger partial charge < -0.3 is 5.32 Å². The highest BCUT2D eigenvalue weighted by Crippen LogP contribution is 2.17. The van der Waals surface area contributed by atoms with Gasteiger partial charge in [-0.25, -0.2) is 13.2 Å². The van der Waals surface area contributed by atoms with Gasteiger partial charge in [0.05, 0.1) is 11.6 Å². The molecular formula is C14H11F3N2O. The van der Waals surface area contributed by atoms with E-state index in [0.29, 0.717) is 11.6 Å². The summed E-state index contributed by atoms with van der Waals surface area (Å²) in [4.78, 5) is 15.7. The zero-order valence-electron chi connectivity index (χ0n) is 10.5. The van der Waals surface area contributed by atoms with E-state index >= 15 is 0 Å². The van der Waals surface area contributed by atoms with E-state index in [-0.39, 0.29) is 0 Å². The van der Waals surface area contributed by atoms with Crippen LogP contribution in [-0.4, -0.2) is 10.9 Å². The molecule has 0 saturated heterocycles. The van der Waals surface area contributed by atoms with Crippen molar-refractivity contribution in [2.75, 3.05) is 0 Å². The Hall–Kier alpha value is -2.37. The van der Waals surface area contributed by atoms with Crippen molar-refractivity contribution in [3.8, 4) is 0 Å². The largest absolute Gasteiger partial charge is 0.345 e. The lowest BCUT2D eigenvalue weighted by molar-refractivity contribution is 0.0934. The minimum Gasteiger partial charge on any atom is -0.345 e. The molecule has 0 bridgehead atoms. The Morgan fingerprint density at radius 1 is 1.20 bits per heavy atom. The normalized spacial score (nSPS) is 12.0. The van der Waals surface area contributed by atoms with Crippen molar-refractivity contribution in [2.45, 2.75) is 13.0 Å². The van der Waals surface area contributed by atoms with Crippen LogP contribution in [0.5, 0.6) is 0 Å². The van der Waals surface area contributed by atoms with Crippen molar-refractivity contribution in [3.05, 3.63) is 65.2 Å². The minimum atomic E-state index is -1.66. The number of aromatic nitrogens is 1. The Labute approximate surface area is 113 Å². The molecule has 1 aromatic heterocycles. The van der Waals surface area contributed by atoms with Gasteiger partial charge in [0.1, 0.15) is 0 Å². The zero-order chi connectivity index (χ0) is 14.7. The van der Waals surface area contributed by atoms with Crippen LogP contribution >= 0.6 is 0 Å². The molecule has 20 heavy (non-hydrogen) atoms. The topological polar surface area (TPSA) is 42.0 Å². The second kappa shape index (κ2) is 5.73. The van der Waals surface area contributed by atoms with E-state index < -0.39 is 35.0 Å². The van der Waals surface area contributed by atoms with E-state index in [0.717, 1.165) is 6.07 Å². The van der Waals surface area contributed by atoms with Gasteiger partial charge in [0.2, 0.25) is 0 Å². The molecule has 1 aromatic carbocycles. The van der Waals surface area contributed by atoms with E-state index in [1.54, 1.807) is 31.5 Å². The van der Waals surface area contributed by atoms with Gasteiger partial charge in [0.25, 0.3) is 5.91 Å². The maximum absolute atomic E-state index is 13.5. The molecule has 1 atom stereocenters. The third-order valence-electron chi connectivity index (χ3n) is 2.81. The first kappa shape index (κ1) is 14.0. The summed E-state index contributed by atoms with van der Waals surface area (Å²) in [7, 11) is 0. The minimum absolute atomic E-state index is 0.441. The molecule has 104 valence electrons. The van der Waals surface area contributed by atoms with Gasteiger partial charge >= 0.3 is 0 Å². The maximum Gasteiger partial charge on any atom is 0.254 e. The maximum atomic E-state index is 13.5. The van der Waals surface area contributed by atoms with Crippen LogP contribution in [0.25, 0.3) is 0 Å². The van der Waals surface area contributed by atoms with Crippen molar-refractivity contribution in [1.29, 1.82) is 0 Å². The van der Waals surface area contributed by atoms with E-state index in [1.165, 1.54) is 0 Å². The molecule has 2 aromatic rings. The smallest absolute Gasteiger partial charge is 0.254 e. The Bertz CT molecular complexity index is 632. The quantitative estimate of drug-likeness (QED) is 0.878. The molecule has 3 nitrogen and oxygen atoms in total. The number of rotatable bonds is 3. The predicted octanol–water partition coefficient (Wildman–Crippen LogP) is 2.99.